The highest BCUT2D eigenvalue weighted by molar-refractivity contribution is 5.90. The lowest BCUT2D eigenvalue weighted by atomic mass is 10.0. The van der Waals surface area contributed by atoms with Gasteiger partial charge in [0.15, 0.2) is 0 Å². The van der Waals surface area contributed by atoms with Gasteiger partial charge >= 0.3 is 0 Å². The van der Waals surface area contributed by atoms with E-state index in [1.54, 1.807) is 0 Å². The fourth-order valence-corrected chi connectivity index (χ4v) is 5.13. The number of ketones is 1. The van der Waals surface area contributed by atoms with E-state index in [1.807, 2.05) is 60.7 Å². The van der Waals surface area contributed by atoms with Crippen molar-refractivity contribution in [1.29, 1.82) is 0 Å². The number of carbonyl (C=O) groups excluding carboxylic acids is 1. The second kappa shape index (κ2) is 10.0. The third-order valence-electron chi connectivity index (χ3n) is 7.42. The smallest absolute Gasteiger partial charge is 0.140 e. The van der Waals surface area contributed by atoms with Crippen LogP contribution in [0.1, 0.15) is 46.9 Å². The predicted molar refractivity (Wildman–Crippen MR) is 141 cm³/mol. The molecule has 36 heavy (non-hydrogen) atoms. The van der Waals surface area contributed by atoms with Crippen LogP contribution in [0, 0.1) is 11.8 Å². The molecule has 0 bridgehead atoms. The van der Waals surface area contributed by atoms with Crippen molar-refractivity contribution < 1.29 is 14.3 Å². The van der Waals surface area contributed by atoms with Gasteiger partial charge in [-0.05, 0) is 71.2 Å². The lowest BCUT2D eigenvalue weighted by Gasteiger charge is -2.08. The third-order valence-corrected chi connectivity index (χ3v) is 7.42. The van der Waals surface area contributed by atoms with Gasteiger partial charge in [-0.15, -0.1) is 0 Å². The van der Waals surface area contributed by atoms with Crippen molar-refractivity contribution in [2.24, 2.45) is 11.8 Å². The fourth-order valence-electron chi connectivity index (χ4n) is 5.13. The van der Waals surface area contributed by atoms with E-state index in [9.17, 15) is 4.79 Å². The van der Waals surface area contributed by atoms with E-state index in [4.69, 9.17) is 9.47 Å². The van der Waals surface area contributed by atoms with Crippen LogP contribution in [0.2, 0.25) is 0 Å². The van der Waals surface area contributed by atoms with E-state index in [2.05, 4.69) is 48.5 Å². The van der Waals surface area contributed by atoms with Crippen molar-refractivity contribution in [3.05, 3.63) is 131 Å². The number of carbonyl (C=O) groups is 1. The Bertz CT molecular complexity index is 1190. The number of Topliss-reactive ketones (excluding diaryl/α,β-unsaturated/α-hetero) is 1. The van der Waals surface area contributed by atoms with E-state index < -0.39 is 0 Å². The van der Waals surface area contributed by atoms with Crippen LogP contribution >= 0.6 is 0 Å². The molecule has 4 unspecified atom stereocenters. The molecule has 0 spiro atoms. The molecule has 3 nitrogen and oxygen atoms in total. The number of ether oxygens (including phenoxy) is 2. The SMILES string of the molecule is O=C(C1CC1c1ccc(OCc2ccccc2)cc1)C1CC1c1ccc(OCc2ccccc2)cc1. The highest BCUT2D eigenvalue weighted by Gasteiger charge is 2.53. The topological polar surface area (TPSA) is 35.5 Å². The van der Waals surface area contributed by atoms with Crippen LogP contribution in [0.4, 0.5) is 0 Å². The van der Waals surface area contributed by atoms with Crippen molar-refractivity contribution >= 4 is 5.78 Å². The molecular weight excluding hydrogens is 444 g/mol. The fraction of sp³-hybridized carbons (Fsp3) is 0.242. The first-order valence-corrected chi connectivity index (χ1v) is 12.8. The second-order valence-electron chi connectivity index (χ2n) is 9.99. The molecule has 2 aliphatic carbocycles. The molecule has 0 aromatic heterocycles. The standard InChI is InChI=1S/C33H30O3/c34-33(31-19-29(31)25-11-15-27(16-12-25)35-21-23-7-3-1-4-8-23)32-20-30(32)26-13-17-28(18-14-26)36-22-24-9-5-2-6-10-24/h1-18,29-32H,19-22H2. The van der Waals surface area contributed by atoms with Gasteiger partial charge in [0.05, 0.1) is 0 Å². The molecule has 0 heterocycles. The largest absolute Gasteiger partial charge is 0.489 e. The summed E-state index contributed by atoms with van der Waals surface area (Å²) in [6, 6.07) is 37.0. The average Bonchev–Trinajstić information content (AvgIpc) is 3.87. The summed E-state index contributed by atoms with van der Waals surface area (Å²) in [6.07, 6.45) is 1.94. The minimum atomic E-state index is 0.171. The molecule has 2 fully saturated rings. The van der Waals surface area contributed by atoms with E-state index in [1.165, 1.54) is 11.1 Å². The minimum absolute atomic E-state index is 0.171. The molecule has 4 aromatic rings. The van der Waals surface area contributed by atoms with Crippen LogP contribution in [0.5, 0.6) is 11.5 Å². The van der Waals surface area contributed by atoms with Crippen LogP contribution in [0.15, 0.2) is 109 Å². The molecule has 2 saturated carbocycles. The Morgan fingerprint density at radius 3 is 1.33 bits per heavy atom. The van der Waals surface area contributed by atoms with Gasteiger partial charge in [0.2, 0.25) is 0 Å². The molecule has 180 valence electrons. The molecule has 0 aliphatic heterocycles. The summed E-state index contributed by atoms with van der Waals surface area (Å²) in [7, 11) is 0. The third kappa shape index (κ3) is 5.21. The van der Waals surface area contributed by atoms with Gasteiger partial charge in [-0.3, -0.25) is 4.79 Å². The summed E-state index contributed by atoms with van der Waals surface area (Å²) in [5, 5.41) is 0. The maximum absolute atomic E-state index is 13.1. The first kappa shape index (κ1) is 22.6. The van der Waals surface area contributed by atoms with Crippen LogP contribution in [-0.4, -0.2) is 5.78 Å². The maximum Gasteiger partial charge on any atom is 0.140 e. The van der Waals surface area contributed by atoms with E-state index >= 15 is 0 Å². The van der Waals surface area contributed by atoms with E-state index in [0.717, 1.165) is 35.5 Å². The molecular formula is C33H30O3. The molecule has 2 aliphatic rings. The Kier molecular flexibility index (Phi) is 6.29. The van der Waals surface area contributed by atoms with Crippen molar-refractivity contribution in [3.8, 4) is 11.5 Å². The Morgan fingerprint density at radius 1 is 0.556 bits per heavy atom. The summed E-state index contributed by atoms with van der Waals surface area (Å²) in [4.78, 5) is 13.1. The zero-order valence-electron chi connectivity index (χ0n) is 20.3. The maximum atomic E-state index is 13.1. The zero-order valence-corrected chi connectivity index (χ0v) is 20.3. The first-order valence-electron chi connectivity index (χ1n) is 12.8. The van der Waals surface area contributed by atoms with Gasteiger partial charge in [-0.25, -0.2) is 0 Å². The second-order valence-corrected chi connectivity index (χ2v) is 9.99. The minimum Gasteiger partial charge on any atom is -0.489 e. The number of hydrogen-bond donors (Lipinski definition) is 0. The van der Waals surface area contributed by atoms with Gasteiger partial charge < -0.3 is 9.47 Å². The van der Waals surface area contributed by atoms with Crippen molar-refractivity contribution in [2.45, 2.75) is 37.9 Å². The Balaban J connectivity index is 0.984. The van der Waals surface area contributed by atoms with Gasteiger partial charge in [0, 0.05) is 11.8 Å². The molecule has 6 rings (SSSR count). The van der Waals surface area contributed by atoms with Crippen LogP contribution in [0.3, 0.4) is 0 Å². The quantitative estimate of drug-likeness (QED) is 0.242. The molecule has 4 atom stereocenters. The summed E-state index contributed by atoms with van der Waals surface area (Å²) in [5.41, 5.74) is 4.81. The van der Waals surface area contributed by atoms with Gasteiger partial charge in [0.1, 0.15) is 30.5 Å². The molecule has 4 aromatic carbocycles. The van der Waals surface area contributed by atoms with Crippen molar-refractivity contribution in [2.75, 3.05) is 0 Å². The van der Waals surface area contributed by atoms with Crippen LogP contribution < -0.4 is 9.47 Å². The van der Waals surface area contributed by atoms with Gasteiger partial charge in [0.25, 0.3) is 0 Å². The molecule has 3 heteroatoms. The summed E-state index contributed by atoms with van der Waals surface area (Å²) < 4.78 is 11.8. The number of benzene rings is 4. The van der Waals surface area contributed by atoms with Crippen LogP contribution in [0.25, 0.3) is 0 Å². The highest BCUT2D eigenvalue weighted by Crippen LogP contribution is 2.56. The van der Waals surface area contributed by atoms with E-state index in [-0.39, 0.29) is 11.8 Å². The highest BCUT2D eigenvalue weighted by atomic mass is 16.5. The van der Waals surface area contributed by atoms with E-state index in [0.29, 0.717) is 30.8 Å². The lowest BCUT2D eigenvalue weighted by Crippen LogP contribution is -2.06. The average molecular weight is 475 g/mol. The van der Waals surface area contributed by atoms with Gasteiger partial charge in [-0.2, -0.15) is 0 Å². The summed E-state index contributed by atoms with van der Waals surface area (Å²) in [6.45, 7) is 1.13. The Morgan fingerprint density at radius 2 is 0.944 bits per heavy atom. The summed E-state index contributed by atoms with van der Waals surface area (Å²) in [5.74, 6) is 3.23. The molecule has 0 N–H and O–H groups in total. The predicted octanol–water partition coefficient (Wildman–Crippen LogP) is 7.32. The van der Waals surface area contributed by atoms with Crippen molar-refractivity contribution in [3.63, 3.8) is 0 Å². The lowest BCUT2D eigenvalue weighted by molar-refractivity contribution is -0.121. The molecule has 0 amide bonds. The molecule has 0 radical (unpaired) electrons. The zero-order chi connectivity index (χ0) is 24.3. The van der Waals surface area contributed by atoms with Gasteiger partial charge in [-0.1, -0.05) is 84.9 Å². The molecule has 0 saturated heterocycles. The normalized spacial score (nSPS) is 22.0. The number of hydrogen-bond acceptors (Lipinski definition) is 3. The number of rotatable bonds is 10. The monoisotopic (exact) mass is 474 g/mol. The Labute approximate surface area is 212 Å². The Hall–Kier alpha value is -3.85. The first-order chi connectivity index (χ1) is 17.7. The van der Waals surface area contributed by atoms with Crippen LogP contribution in [-0.2, 0) is 18.0 Å². The summed E-state index contributed by atoms with van der Waals surface area (Å²) >= 11 is 0. The van der Waals surface area contributed by atoms with Crippen molar-refractivity contribution in [1.82, 2.24) is 0 Å².